The van der Waals surface area contributed by atoms with Crippen LogP contribution in [0.25, 0.3) is 0 Å². The van der Waals surface area contributed by atoms with Gasteiger partial charge in [-0.3, -0.25) is 9.67 Å². The van der Waals surface area contributed by atoms with Gasteiger partial charge in [-0.25, -0.2) is 8.42 Å². The average molecular weight is 252 g/mol. The molecule has 0 aliphatic heterocycles. The minimum atomic E-state index is -3.53. The van der Waals surface area contributed by atoms with Crippen LogP contribution in [0.1, 0.15) is 5.69 Å². The van der Waals surface area contributed by atoms with Gasteiger partial charge in [0.05, 0.1) is 16.8 Å². The van der Waals surface area contributed by atoms with E-state index in [1.165, 1.54) is 29.3 Å². The van der Waals surface area contributed by atoms with Crippen molar-refractivity contribution in [2.45, 2.75) is 16.3 Å². The van der Waals surface area contributed by atoms with Gasteiger partial charge >= 0.3 is 0 Å². The molecule has 0 unspecified atom stereocenters. The van der Waals surface area contributed by atoms with E-state index in [0.717, 1.165) is 0 Å². The summed E-state index contributed by atoms with van der Waals surface area (Å²) in [5.74, 6) is 0. The van der Waals surface area contributed by atoms with E-state index in [-0.39, 0.29) is 16.3 Å². The molecule has 0 aliphatic carbocycles. The van der Waals surface area contributed by atoms with Gasteiger partial charge in [0.2, 0.25) is 9.84 Å². The summed E-state index contributed by atoms with van der Waals surface area (Å²) in [6, 6.07) is 3.10. The first-order chi connectivity index (χ1) is 8.04. The van der Waals surface area contributed by atoms with E-state index >= 15 is 0 Å². The normalized spacial score (nSPS) is 11.6. The molecule has 0 radical (unpaired) electrons. The van der Waals surface area contributed by atoms with E-state index in [1.807, 2.05) is 0 Å². The van der Waals surface area contributed by atoms with E-state index in [4.69, 9.17) is 5.73 Å². The second-order valence-corrected chi connectivity index (χ2v) is 5.49. The first-order valence-corrected chi connectivity index (χ1v) is 6.41. The molecule has 17 heavy (non-hydrogen) atoms. The predicted octanol–water partition coefficient (Wildman–Crippen LogP) is 0.107. The lowest BCUT2D eigenvalue weighted by atomic mass is 10.4. The Bertz CT molecular complexity index is 616. The van der Waals surface area contributed by atoms with E-state index < -0.39 is 9.84 Å². The lowest BCUT2D eigenvalue weighted by Crippen LogP contribution is -2.04. The van der Waals surface area contributed by atoms with Gasteiger partial charge in [-0.15, -0.1) is 0 Å². The van der Waals surface area contributed by atoms with E-state index in [9.17, 15) is 8.42 Å². The molecular formula is C10H12N4O2S. The van der Waals surface area contributed by atoms with Crippen LogP contribution in [-0.4, -0.2) is 23.2 Å². The maximum Gasteiger partial charge on any atom is 0.211 e. The van der Waals surface area contributed by atoms with Crippen LogP contribution in [-0.2, 0) is 23.4 Å². The number of pyridine rings is 1. The first-order valence-electron chi connectivity index (χ1n) is 4.93. The first kappa shape index (κ1) is 11.7. The Morgan fingerprint density at radius 1 is 1.29 bits per heavy atom. The molecule has 0 atom stereocenters. The minimum absolute atomic E-state index is 0.141. The van der Waals surface area contributed by atoms with Crippen LogP contribution < -0.4 is 5.73 Å². The highest BCUT2D eigenvalue weighted by Crippen LogP contribution is 2.19. The fourth-order valence-corrected chi connectivity index (χ4v) is 2.55. The molecule has 0 saturated carbocycles. The molecule has 6 nitrogen and oxygen atoms in total. The van der Waals surface area contributed by atoms with Gasteiger partial charge < -0.3 is 5.73 Å². The quantitative estimate of drug-likeness (QED) is 0.837. The zero-order chi connectivity index (χ0) is 12.5. The maximum atomic E-state index is 12.1. The molecular weight excluding hydrogens is 240 g/mol. The smallest absolute Gasteiger partial charge is 0.211 e. The minimum Gasteiger partial charge on any atom is -0.325 e. The molecule has 2 aromatic heterocycles. The van der Waals surface area contributed by atoms with Crippen LogP contribution in [0.15, 0.2) is 40.5 Å². The number of hydrogen-bond acceptors (Lipinski definition) is 5. The number of sulfone groups is 1. The molecule has 0 bridgehead atoms. The summed E-state index contributed by atoms with van der Waals surface area (Å²) in [7, 11) is -1.87. The highest BCUT2D eigenvalue weighted by atomic mass is 32.2. The van der Waals surface area contributed by atoms with Crippen molar-refractivity contribution < 1.29 is 8.42 Å². The Morgan fingerprint density at radius 2 is 2.06 bits per heavy atom. The summed E-state index contributed by atoms with van der Waals surface area (Å²) in [4.78, 5) is 4.26. The van der Waals surface area contributed by atoms with Crippen LogP contribution in [0.4, 0.5) is 0 Å². The summed E-state index contributed by atoms with van der Waals surface area (Å²) < 4.78 is 25.7. The molecule has 2 aromatic rings. The zero-order valence-corrected chi connectivity index (χ0v) is 10.1. The van der Waals surface area contributed by atoms with Gasteiger partial charge in [0, 0.05) is 26.0 Å². The molecule has 2 rings (SSSR count). The molecule has 2 heterocycles. The Balaban J connectivity index is 2.44. The Labute approximate surface area is 99.0 Å². The number of nitrogens with zero attached hydrogens (tertiary/aromatic N) is 3. The summed E-state index contributed by atoms with van der Waals surface area (Å²) in [5.41, 5.74) is 6.05. The van der Waals surface area contributed by atoms with Crippen molar-refractivity contribution in [1.82, 2.24) is 14.8 Å². The standard InChI is InChI=1S/C10H12N4O2S/c1-14-7-10(6-13-14)17(15,16)9-3-2-8(4-11)12-5-9/h2-3,5-7H,4,11H2,1H3. The zero-order valence-electron chi connectivity index (χ0n) is 9.24. The lowest BCUT2D eigenvalue weighted by molar-refractivity contribution is 0.595. The third-order valence-electron chi connectivity index (χ3n) is 2.31. The molecule has 0 saturated heterocycles. The highest BCUT2D eigenvalue weighted by Gasteiger charge is 2.19. The van der Waals surface area contributed by atoms with Crippen molar-refractivity contribution in [1.29, 1.82) is 0 Å². The molecule has 7 heteroatoms. The Kier molecular flexibility index (Phi) is 2.95. The second kappa shape index (κ2) is 4.27. The molecule has 0 fully saturated rings. The van der Waals surface area contributed by atoms with Gasteiger partial charge in [0.15, 0.2) is 0 Å². The van der Waals surface area contributed by atoms with Crippen molar-refractivity contribution in [2.24, 2.45) is 12.8 Å². The number of hydrogen-bond donors (Lipinski definition) is 1. The van der Waals surface area contributed by atoms with Crippen LogP contribution in [0.2, 0.25) is 0 Å². The molecule has 2 N–H and O–H groups in total. The van der Waals surface area contributed by atoms with Gasteiger partial charge in [-0.1, -0.05) is 0 Å². The number of nitrogens with two attached hydrogens (primary N) is 1. The van der Waals surface area contributed by atoms with Gasteiger partial charge in [-0.05, 0) is 12.1 Å². The van der Waals surface area contributed by atoms with E-state index in [0.29, 0.717) is 5.69 Å². The summed E-state index contributed by atoms with van der Waals surface area (Å²) >= 11 is 0. The van der Waals surface area contributed by atoms with Crippen molar-refractivity contribution >= 4 is 9.84 Å². The van der Waals surface area contributed by atoms with E-state index in [1.54, 1.807) is 13.1 Å². The molecule has 0 amide bonds. The Morgan fingerprint density at radius 3 is 2.53 bits per heavy atom. The fraction of sp³-hybridized carbons (Fsp3) is 0.200. The summed E-state index contributed by atoms with van der Waals surface area (Å²) in [6.45, 7) is 0.285. The van der Waals surface area contributed by atoms with Crippen LogP contribution in [0, 0.1) is 0 Å². The molecule has 0 aromatic carbocycles. The molecule has 90 valence electrons. The van der Waals surface area contributed by atoms with Crippen LogP contribution >= 0.6 is 0 Å². The van der Waals surface area contributed by atoms with Gasteiger partial charge in [-0.2, -0.15) is 5.10 Å². The maximum absolute atomic E-state index is 12.1. The number of aromatic nitrogens is 3. The van der Waals surface area contributed by atoms with Gasteiger partial charge in [0.1, 0.15) is 4.90 Å². The third-order valence-corrected chi connectivity index (χ3v) is 4.00. The van der Waals surface area contributed by atoms with Crippen molar-refractivity contribution in [3.8, 4) is 0 Å². The average Bonchev–Trinajstić information content (AvgIpc) is 2.77. The van der Waals surface area contributed by atoms with Gasteiger partial charge in [0.25, 0.3) is 0 Å². The summed E-state index contributed by atoms with van der Waals surface area (Å²) in [5, 5.41) is 3.84. The monoisotopic (exact) mass is 252 g/mol. The Hall–Kier alpha value is -1.73. The molecule has 0 spiro atoms. The van der Waals surface area contributed by atoms with Crippen molar-refractivity contribution in [2.75, 3.05) is 0 Å². The summed E-state index contributed by atoms with van der Waals surface area (Å²) in [6.07, 6.45) is 4.07. The highest BCUT2D eigenvalue weighted by molar-refractivity contribution is 7.91. The third kappa shape index (κ3) is 2.20. The fourth-order valence-electron chi connectivity index (χ4n) is 1.36. The van der Waals surface area contributed by atoms with Crippen molar-refractivity contribution in [3.05, 3.63) is 36.4 Å². The lowest BCUT2D eigenvalue weighted by Gasteiger charge is -2.02. The topological polar surface area (TPSA) is 90.9 Å². The van der Waals surface area contributed by atoms with Crippen LogP contribution in [0.3, 0.4) is 0 Å². The number of aryl methyl sites for hydroxylation is 1. The SMILES string of the molecule is Cn1cc(S(=O)(=O)c2ccc(CN)nc2)cn1. The number of rotatable bonds is 3. The predicted molar refractivity (Wildman–Crippen MR) is 60.8 cm³/mol. The molecule has 0 aliphatic rings. The van der Waals surface area contributed by atoms with Crippen molar-refractivity contribution in [3.63, 3.8) is 0 Å². The van der Waals surface area contributed by atoms with E-state index in [2.05, 4.69) is 10.1 Å². The second-order valence-electron chi connectivity index (χ2n) is 3.54. The largest absolute Gasteiger partial charge is 0.325 e. The van der Waals surface area contributed by atoms with Crippen LogP contribution in [0.5, 0.6) is 0 Å².